The summed E-state index contributed by atoms with van der Waals surface area (Å²) in [4.78, 5) is 0. The van der Waals surface area contributed by atoms with Crippen LogP contribution in [0.4, 0.5) is 8.78 Å². The topological polar surface area (TPSA) is 0 Å². The van der Waals surface area contributed by atoms with Crippen molar-refractivity contribution in [3.05, 3.63) is 35.2 Å². The fourth-order valence-electron chi connectivity index (χ4n) is 1.55. The van der Waals surface area contributed by atoms with Crippen LogP contribution in [-0.4, -0.2) is 0 Å². The molecule has 1 heterocycles. The van der Waals surface area contributed by atoms with Crippen molar-refractivity contribution in [2.24, 2.45) is 5.92 Å². The molecule has 0 aliphatic carbocycles. The fraction of sp³-hybridized carbons (Fsp3) is 0.333. The van der Waals surface area contributed by atoms with Gasteiger partial charge in [-0.05, 0) is 6.07 Å². The van der Waals surface area contributed by atoms with Crippen LogP contribution in [0.25, 0.3) is 10.1 Å². The first-order chi connectivity index (χ1) is 7.03. The molecule has 0 amide bonds. The summed E-state index contributed by atoms with van der Waals surface area (Å²) in [6.07, 6.45) is 0. The van der Waals surface area contributed by atoms with Gasteiger partial charge in [-0.2, -0.15) is 0 Å². The van der Waals surface area contributed by atoms with Crippen LogP contribution < -0.4 is 0 Å². The van der Waals surface area contributed by atoms with Gasteiger partial charge in [0, 0.05) is 26.9 Å². The highest BCUT2D eigenvalue weighted by atomic mass is 32.1. The summed E-state index contributed by atoms with van der Waals surface area (Å²) in [6, 6.07) is 7.31. The molecule has 80 valence electrons. The summed E-state index contributed by atoms with van der Waals surface area (Å²) in [5.74, 6) is -3.41. The first kappa shape index (κ1) is 10.6. The molecule has 0 saturated heterocycles. The van der Waals surface area contributed by atoms with Gasteiger partial charge in [-0.25, -0.2) is 8.78 Å². The van der Waals surface area contributed by atoms with E-state index in [1.165, 1.54) is 11.3 Å². The molecule has 0 radical (unpaired) electrons. The number of fused-ring (bicyclic) bond motifs is 1. The van der Waals surface area contributed by atoms with Crippen LogP contribution in [0.3, 0.4) is 0 Å². The molecule has 0 fully saturated rings. The summed E-state index contributed by atoms with van der Waals surface area (Å²) >= 11 is 1.38. The van der Waals surface area contributed by atoms with Crippen molar-refractivity contribution in [3.8, 4) is 0 Å². The van der Waals surface area contributed by atoms with Crippen molar-refractivity contribution in [1.29, 1.82) is 0 Å². The van der Waals surface area contributed by atoms with Gasteiger partial charge in [0.15, 0.2) is 0 Å². The van der Waals surface area contributed by atoms with E-state index < -0.39 is 11.8 Å². The van der Waals surface area contributed by atoms with Gasteiger partial charge in [-0.15, -0.1) is 11.3 Å². The predicted molar refractivity (Wildman–Crippen MR) is 60.6 cm³/mol. The third-order valence-electron chi connectivity index (χ3n) is 2.57. The van der Waals surface area contributed by atoms with E-state index >= 15 is 0 Å². The van der Waals surface area contributed by atoms with Gasteiger partial charge in [0.2, 0.25) is 0 Å². The van der Waals surface area contributed by atoms with Crippen LogP contribution >= 0.6 is 11.3 Å². The van der Waals surface area contributed by atoms with Crippen LogP contribution in [0.15, 0.2) is 29.6 Å². The number of benzene rings is 1. The van der Waals surface area contributed by atoms with Crippen molar-refractivity contribution in [1.82, 2.24) is 0 Å². The number of halogens is 2. The average Bonchev–Trinajstić information content (AvgIpc) is 2.61. The summed E-state index contributed by atoms with van der Waals surface area (Å²) in [7, 11) is 0. The standard InChI is InChI=1S/C12H12F2S/c1-8(2)12(13,14)10-7-15-11-6-4-3-5-9(10)11/h3-8H,1-2H3. The SMILES string of the molecule is CC(C)C(F)(F)c1csc2ccccc12. The van der Waals surface area contributed by atoms with Crippen LogP contribution in [-0.2, 0) is 5.92 Å². The predicted octanol–water partition coefficient (Wildman–Crippen LogP) is 4.65. The van der Waals surface area contributed by atoms with E-state index in [4.69, 9.17) is 0 Å². The second kappa shape index (κ2) is 3.56. The summed E-state index contributed by atoms with van der Waals surface area (Å²) in [5, 5.41) is 2.26. The molecule has 0 aliphatic heterocycles. The van der Waals surface area contributed by atoms with E-state index in [2.05, 4.69) is 0 Å². The first-order valence-corrected chi connectivity index (χ1v) is 5.76. The average molecular weight is 226 g/mol. The maximum Gasteiger partial charge on any atom is 0.276 e. The molecule has 1 aromatic heterocycles. The highest BCUT2D eigenvalue weighted by Gasteiger charge is 2.37. The number of hydrogen-bond donors (Lipinski definition) is 0. The number of hydrogen-bond acceptors (Lipinski definition) is 1. The van der Waals surface area contributed by atoms with E-state index in [1.807, 2.05) is 12.1 Å². The van der Waals surface area contributed by atoms with Crippen molar-refractivity contribution < 1.29 is 8.78 Å². The molecule has 3 heteroatoms. The summed E-state index contributed by atoms with van der Waals surface area (Å²) < 4.78 is 28.6. The molecule has 0 N–H and O–H groups in total. The Hall–Kier alpha value is -0.960. The lowest BCUT2D eigenvalue weighted by Crippen LogP contribution is -2.20. The van der Waals surface area contributed by atoms with Gasteiger partial charge in [0.1, 0.15) is 0 Å². The van der Waals surface area contributed by atoms with Crippen molar-refractivity contribution in [2.75, 3.05) is 0 Å². The second-order valence-corrected chi connectivity index (χ2v) is 4.83. The summed E-state index contributed by atoms with van der Waals surface area (Å²) in [6.45, 7) is 3.10. The van der Waals surface area contributed by atoms with E-state index in [-0.39, 0.29) is 5.56 Å². The minimum atomic E-state index is -2.74. The van der Waals surface area contributed by atoms with Gasteiger partial charge in [-0.3, -0.25) is 0 Å². The number of alkyl halides is 2. The Bertz CT molecular complexity index is 471. The van der Waals surface area contributed by atoms with Crippen molar-refractivity contribution in [3.63, 3.8) is 0 Å². The van der Waals surface area contributed by atoms with Crippen molar-refractivity contribution >= 4 is 21.4 Å². The van der Waals surface area contributed by atoms with E-state index in [0.29, 0.717) is 5.39 Å². The zero-order valence-corrected chi connectivity index (χ0v) is 9.44. The smallest absolute Gasteiger partial charge is 0.201 e. The molecular weight excluding hydrogens is 214 g/mol. The largest absolute Gasteiger partial charge is 0.276 e. The van der Waals surface area contributed by atoms with E-state index in [1.54, 1.807) is 31.4 Å². The van der Waals surface area contributed by atoms with Crippen LogP contribution in [0.5, 0.6) is 0 Å². The lowest BCUT2D eigenvalue weighted by molar-refractivity contribution is -0.0496. The Labute approximate surface area is 91.5 Å². The fourth-order valence-corrected chi connectivity index (χ4v) is 2.54. The zero-order chi connectivity index (χ0) is 11.1. The Morgan fingerprint density at radius 1 is 1.20 bits per heavy atom. The van der Waals surface area contributed by atoms with Gasteiger partial charge in [-0.1, -0.05) is 32.0 Å². The molecule has 0 aliphatic rings. The zero-order valence-electron chi connectivity index (χ0n) is 8.63. The normalized spacial score (nSPS) is 12.6. The lowest BCUT2D eigenvalue weighted by atomic mass is 9.97. The maximum absolute atomic E-state index is 13.8. The molecule has 1 aromatic carbocycles. The van der Waals surface area contributed by atoms with Gasteiger partial charge < -0.3 is 0 Å². The van der Waals surface area contributed by atoms with E-state index in [0.717, 1.165) is 4.70 Å². The molecule has 0 bridgehead atoms. The lowest BCUT2D eigenvalue weighted by Gasteiger charge is -2.19. The molecular formula is C12H12F2S. The highest BCUT2D eigenvalue weighted by molar-refractivity contribution is 7.17. The summed E-state index contributed by atoms with van der Waals surface area (Å²) in [5.41, 5.74) is 0.165. The van der Waals surface area contributed by atoms with Crippen molar-refractivity contribution in [2.45, 2.75) is 19.8 Å². The third-order valence-corrected chi connectivity index (χ3v) is 3.53. The van der Waals surface area contributed by atoms with E-state index in [9.17, 15) is 8.78 Å². The minimum absolute atomic E-state index is 0.165. The monoisotopic (exact) mass is 226 g/mol. The highest BCUT2D eigenvalue weighted by Crippen LogP contribution is 2.41. The maximum atomic E-state index is 13.8. The Balaban J connectivity index is 2.62. The minimum Gasteiger partial charge on any atom is -0.201 e. The molecule has 0 saturated carbocycles. The third kappa shape index (κ3) is 1.65. The molecule has 15 heavy (non-hydrogen) atoms. The van der Waals surface area contributed by atoms with Gasteiger partial charge in [0.05, 0.1) is 0 Å². The van der Waals surface area contributed by atoms with Crippen LogP contribution in [0.2, 0.25) is 0 Å². The van der Waals surface area contributed by atoms with Crippen LogP contribution in [0.1, 0.15) is 19.4 Å². The molecule has 0 spiro atoms. The van der Waals surface area contributed by atoms with Gasteiger partial charge in [0.25, 0.3) is 5.92 Å². The van der Waals surface area contributed by atoms with Gasteiger partial charge >= 0.3 is 0 Å². The molecule has 0 atom stereocenters. The Morgan fingerprint density at radius 2 is 1.87 bits per heavy atom. The number of thiophene rings is 1. The quantitative estimate of drug-likeness (QED) is 0.699. The Kier molecular flexibility index (Phi) is 2.51. The second-order valence-electron chi connectivity index (χ2n) is 3.92. The Morgan fingerprint density at radius 3 is 2.53 bits per heavy atom. The molecule has 0 nitrogen and oxygen atoms in total. The molecule has 2 rings (SSSR count). The number of rotatable bonds is 2. The first-order valence-electron chi connectivity index (χ1n) is 4.88. The molecule has 2 aromatic rings. The van der Waals surface area contributed by atoms with Crippen LogP contribution in [0, 0.1) is 5.92 Å². The molecule has 0 unspecified atom stereocenters.